The monoisotopic (exact) mass is 302 g/mol. The lowest BCUT2D eigenvalue weighted by atomic mass is 10.3. The van der Waals surface area contributed by atoms with E-state index in [2.05, 4.69) is 26.0 Å². The first-order valence-corrected chi connectivity index (χ1v) is 7.56. The van der Waals surface area contributed by atoms with E-state index in [1.165, 1.54) is 0 Å². The molecule has 0 fully saturated rings. The van der Waals surface area contributed by atoms with E-state index in [1.54, 1.807) is 11.3 Å². The number of rotatable bonds is 4. The average Bonchev–Trinajstić information content (AvgIpc) is 2.95. The van der Waals surface area contributed by atoms with Gasteiger partial charge in [-0.1, -0.05) is 24.4 Å². The van der Waals surface area contributed by atoms with Gasteiger partial charge in [0.05, 0.1) is 39.7 Å². The molecule has 0 spiro atoms. The number of benzene rings is 1. The zero-order valence-electron chi connectivity index (χ0n) is 11.0. The maximum absolute atomic E-state index is 5.68. The van der Waals surface area contributed by atoms with Crippen LogP contribution in [0.3, 0.4) is 0 Å². The summed E-state index contributed by atoms with van der Waals surface area (Å²) < 4.78 is 2.14. The first-order valence-electron chi connectivity index (χ1n) is 6.27. The molecule has 0 atom stereocenters. The molecule has 0 saturated carbocycles. The van der Waals surface area contributed by atoms with Gasteiger partial charge >= 0.3 is 0 Å². The maximum atomic E-state index is 5.68. The van der Waals surface area contributed by atoms with Crippen molar-refractivity contribution in [2.75, 3.05) is 0 Å². The molecule has 1 aromatic carbocycles. The molecule has 2 aromatic heterocycles. The van der Waals surface area contributed by atoms with Crippen molar-refractivity contribution in [2.45, 2.75) is 19.9 Å². The number of thiocarbonyl (C=S) groups is 1. The number of hydrogen-bond donors (Lipinski definition) is 1. The second kappa shape index (κ2) is 5.30. The largest absolute Gasteiger partial charge is 0.393 e. The van der Waals surface area contributed by atoms with Gasteiger partial charge in [-0.3, -0.25) is 0 Å². The summed E-state index contributed by atoms with van der Waals surface area (Å²) in [6.45, 7) is 2.71. The van der Waals surface area contributed by atoms with Crippen molar-refractivity contribution in [3.8, 4) is 0 Å². The van der Waals surface area contributed by atoms with Crippen molar-refractivity contribution in [1.82, 2.24) is 14.5 Å². The summed E-state index contributed by atoms with van der Waals surface area (Å²) in [5.74, 6) is 0.893. The van der Waals surface area contributed by atoms with Crippen LogP contribution < -0.4 is 5.73 Å². The van der Waals surface area contributed by atoms with Crippen molar-refractivity contribution in [1.29, 1.82) is 0 Å². The molecule has 0 aliphatic rings. The standard InChI is InChI=1S/C14H14N4S2/c1-9-16-10(8-20-9)7-18-12-5-3-2-4-11(12)17-14(18)6-13(15)19/h2-5,8H,6-7H2,1H3,(H2,15,19). The topological polar surface area (TPSA) is 56.7 Å². The Labute approximate surface area is 126 Å². The third-order valence-electron chi connectivity index (χ3n) is 3.05. The smallest absolute Gasteiger partial charge is 0.117 e. The second-order valence-electron chi connectivity index (χ2n) is 4.60. The van der Waals surface area contributed by atoms with Crippen LogP contribution in [0.15, 0.2) is 29.6 Å². The highest BCUT2D eigenvalue weighted by Gasteiger charge is 2.12. The molecule has 2 N–H and O–H groups in total. The summed E-state index contributed by atoms with van der Waals surface area (Å²) in [4.78, 5) is 9.60. The van der Waals surface area contributed by atoms with Crippen LogP contribution in [0.4, 0.5) is 0 Å². The Bertz CT molecular complexity index is 772. The van der Waals surface area contributed by atoms with Crippen molar-refractivity contribution in [3.63, 3.8) is 0 Å². The molecule has 20 heavy (non-hydrogen) atoms. The molecule has 3 rings (SSSR count). The van der Waals surface area contributed by atoms with Gasteiger partial charge in [0.2, 0.25) is 0 Å². The lowest BCUT2D eigenvalue weighted by Gasteiger charge is -2.07. The Morgan fingerprint density at radius 1 is 1.35 bits per heavy atom. The molecule has 3 aromatic rings. The fourth-order valence-electron chi connectivity index (χ4n) is 2.24. The van der Waals surface area contributed by atoms with E-state index in [9.17, 15) is 0 Å². The predicted molar refractivity (Wildman–Crippen MR) is 86.2 cm³/mol. The van der Waals surface area contributed by atoms with Gasteiger partial charge in [-0.25, -0.2) is 9.97 Å². The number of nitrogens with two attached hydrogens (primary N) is 1. The Hall–Kier alpha value is -1.79. The third-order valence-corrected chi connectivity index (χ3v) is 4.02. The van der Waals surface area contributed by atoms with Crippen LogP contribution in [0, 0.1) is 6.92 Å². The number of aryl methyl sites for hydroxylation is 1. The SMILES string of the molecule is Cc1nc(Cn2c(CC(N)=S)nc3ccccc32)cs1. The number of hydrogen-bond acceptors (Lipinski definition) is 4. The summed E-state index contributed by atoms with van der Waals surface area (Å²) in [6.07, 6.45) is 0.507. The maximum Gasteiger partial charge on any atom is 0.117 e. The van der Waals surface area contributed by atoms with Crippen LogP contribution in [0.5, 0.6) is 0 Å². The number of fused-ring (bicyclic) bond motifs is 1. The van der Waals surface area contributed by atoms with E-state index in [0.29, 0.717) is 18.0 Å². The minimum Gasteiger partial charge on any atom is -0.393 e. The van der Waals surface area contributed by atoms with Crippen LogP contribution in [-0.2, 0) is 13.0 Å². The second-order valence-corrected chi connectivity index (χ2v) is 6.19. The predicted octanol–water partition coefficient (Wildman–Crippen LogP) is 2.68. The van der Waals surface area contributed by atoms with Gasteiger partial charge in [-0.2, -0.15) is 0 Å². The zero-order valence-corrected chi connectivity index (χ0v) is 12.7. The van der Waals surface area contributed by atoms with Crippen molar-refractivity contribution in [2.24, 2.45) is 5.73 Å². The quantitative estimate of drug-likeness (QED) is 0.753. The van der Waals surface area contributed by atoms with E-state index in [0.717, 1.165) is 27.6 Å². The van der Waals surface area contributed by atoms with Gasteiger partial charge in [0.15, 0.2) is 0 Å². The third kappa shape index (κ3) is 2.57. The highest BCUT2D eigenvalue weighted by Crippen LogP contribution is 2.19. The normalized spacial score (nSPS) is 11.1. The Morgan fingerprint density at radius 2 is 2.15 bits per heavy atom. The first kappa shape index (κ1) is 13.2. The molecule has 6 heteroatoms. The van der Waals surface area contributed by atoms with E-state index < -0.39 is 0 Å². The van der Waals surface area contributed by atoms with Crippen LogP contribution >= 0.6 is 23.6 Å². The number of nitrogens with zero attached hydrogens (tertiary/aromatic N) is 3. The summed E-state index contributed by atoms with van der Waals surface area (Å²) in [5, 5.41) is 3.15. The summed E-state index contributed by atoms with van der Waals surface area (Å²) in [5.41, 5.74) is 8.77. The van der Waals surface area contributed by atoms with Crippen LogP contribution in [0.25, 0.3) is 11.0 Å². The molecule has 0 aliphatic carbocycles. The highest BCUT2D eigenvalue weighted by atomic mass is 32.1. The molecule has 0 unspecified atom stereocenters. The molecule has 0 amide bonds. The molecule has 4 nitrogen and oxygen atoms in total. The minimum atomic E-state index is 0.455. The van der Waals surface area contributed by atoms with Crippen molar-refractivity contribution < 1.29 is 0 Å². The van der Waals surface area contributed by atoms with Crippen molar-refractivity contribution >= 4 is 39.6 Å². The van der Waals surface area contributed by atoms with Gasteiger partial charge in [0, 0.05) is 5.38 Å². The van der Waals surface area contributed by atoms with Gasteiger partial charge < -0.3 is 10.3 Å². The first-order chi connectivity index (χ1) is 9.63. The molecular weight excluding hydrogens is 288 g/mol. The number of aromatic nitrogens is 3. The van der Waals surface area contributed by atoms with E-state index in [1.807, 2.05) is 25.1 Å². The van der Waals surface area contributed by atoms with Gasteiger partial charge in [0.1, 0.15) is 5.82 Å². The summed E-state index contributed by atoms with van der Waals surface area (Å²) >= 11 is 6.68. The zero-order chi connectivity index (χ0) is 14.1. The highest BCUT2D eigenvalue weighted by molar-refractivity contribution is 7.80. The fraction of sp³-hybridized carbons (Fsp3) is 0.214. The molecular formula is C14H14N4S2. The lowest BCUT2D eigenvalue weighted by molar-refractivity contribution is 0.757. The number of para-hydroxylation sites is 2. The molecule has 102 valence electrons. The number of thiazole rings is 1. The Kier molecular flexibility index (Phi) is 3.50. The molecule has 0 bridgehead atoms. The van der Waals surface area contributed by atoms with Crippen LogP contribution in [-0.4, -0.2) is 19.5 Å². The van der Waals surface area contributed by atoms with Crippen LogP contribution in [0.1, 0.15) is 16.5 Å². The van der Waals surface area contributed by atoms with Crippen LogP contribution in [0.2, 0.25) is 0 Å². The van der Waals surface area contributed by atoms with E-state index in [4.69, 9.17) is 18.0 Å². The minimum absolute atomic E-state index is 0.455. The van der Waals surface area contributed by atoms with E-state index >= 15 is 0 Å². The molecule has 0 aliphatic heterocycles. The molecule has 0 radical (unpaired) electrons. The molecule has 0 saturated heterocycles. The summed E-state index contributed by atoms with van der Waals surface area (Å²) in [7, 11) is 0. The molecule has 2 heterocycles. The average molecular weight is 302 g/mol. The Balaban J connectivity index is 2.08. The van der Waals surface area contributed by atoms with Gasteiger partial charge in [-0.15, -0.1) is 11.3 Å². The Morgan fingerprint density at radius 3 is 2.85 bits per heavy atom. The lowest BCUT2D eigenvalue weighted by Crippen LogP contribution is -2.16. The van der Waals surface area contributed by atoms with E-state index in [-0.39, 0.29) is 0 Å². The number of imidazole rings is 1. The van der Waals surface area contributed by atoms with Gasteiger partial charge in [0.25, 0.3) is 0 Å². The van der Waals surface area contributed by atoms with Gasteiger partial charge in [-0.05, 0) is 19.1 Å². The fourth-order valence-corrected chi connectivity index (χ4v) is 2.97. The van der Waals surface area contributed by atoms with Crippen molar-refractivity contribution in [3.05, 3.63) is 46.2 Å². The summed E-state index contributed by atoms with van der Waals surface area (Å²) in [6, 6.07) is 8.06.